The lowest BCUT2D eigenvalue weighted by atomic mass is 10.2. The molecule has 0 bridgehead atoms. The first-order valence-corrected chi connectivity index (χ1v) is 8.30. The zero-order valence-corrected chi connectivity index (χ0v) is 16.1. The van der Waals surface area contributed by atoms with Gasteiger partial charge in [-0.05, 0) is 25.9 Å². The minimum atomic E-state index is -0.934. The van der Waals surface area contributed by atoms with Gasteiger partial charge in [0.1, 0.15) is 0 Å². The summed E-state index contributed by atoms with van der Waals surface area (Å²) in [5, 5.41) is 6.74. The van der Waals surface area contributed by atoms with E-state index in [2.05, 4.69) is 10.6 Å². The number of methoxy groups -OCH3 is 6. The minimum absolute atomic E-state index is 0.671. The highest BCUT2D eigenvalue weighted by Gasteiger charge is 2.29. The third-order valence-electron chi connectivity index (χ3n) is 4.02. The largest absolute Gasteiger partial charge is 0.331 e. The lowest BCUT2D eigenvalue weighted by Crippen LogP contribution is -2.37. The average Bonchev–Trinajstić information content (AvgIpc) is 2.64. The Morgan fingerprint density at radius 2 is 0.792 bits per heavy atom. The fourth-order valence-electron chi connectivity index (χ4n) is 2.40. The summed E-state index contributed by atoms with van der Waals surface area (Å²) in [5.41, 5.74) is 0. The highest BCUT2D eigenvalue weighted by Crippen LogP contribution is 2.19. The van der Waals surface area contributed by atoms with Crippen LogP contribution < -0.4 is 10.6 Å². The van der Waals surface area contributed by atoms with Crippen molar-refractivity contribution in [3.05, 3.63) is 0 Å². The van der Waals surface area contributed by atoms with E-state index in [-0.39, 0.29) is 0 Å². The fourth-order valence-corrected chi connectivity index (χ4v) is 2.40. The molecule has 0 radical (unpaired) electrons. The SMILES string of the molecule is COC(CCCNCCNCCCC(OC)(OC)OC)(OC)OC. The van der Waals surface area contributed by atoms with E-state index in [1.54, 1.807) is 42.7 Å². The van der Waals surface area contributed by atoms with Crippen LogP contribution in [0.1, 0.15) is 25.7 Å². The number of hydrogen-bond donors (Lipinski definition) is 2. The Morgan fingerprint density at radius 3 is 1.04 bits per heavy atom. The van der Waals surface area contributed by atoms with Crippen LogP contribution in [0.15, 0.2) is 0 Å². The highest BCUT2D eigenvalue weighted by atomic mass is 16.9. The standard InChI is InChI=1S/C16H36N2O6/c1-19-15(20-2,21-3)9-7-11-17-13-14-18-12-8-10-16(22-4,23-5)24-6/h17-18H,7-14H2,1-6H3. The third-order valence-corrected chi connectivity index (χ3v) is 4.02. The number of rotatable bonds is 17. The lowest BCUT2D eigenvalue weighted by molar-refractivity contribution is -0.355. The molecule has 146 valence electrons. The van der Waals surface area contributed by atoms with Gasteiger partial charge < -0.3 is 39.1 Å². The molecule has 8 nitrogen and oxygen atoms in total. The second-order valence-electron chi connectivity index (χ2n) is 5.30. The summed E-state index contributed by atoms with van der Waals surface area (Å²) in [6.07, 6.45) is 3.13. The normalized spacial score (nSPS) is 12.8. The van der Waals surface area contributed by atoms with E-state index in [0.29, 0.717) is 12.8 Å². The summed E-state index contributed by atoms with van der Waals surface area (Å²) in [6, 6.07) is 0. The third kappa shape index (κ3) is 8.68. The van der Waals surface area contributed by atoms with Gasteiger partial charge in [0.2, 0.25) is 0 Å². The van der Waals surface area contributed by atoms with Gasteiger partial charge in [0, 0.05) is 68.6 Å². The van der Waals surface area contributed by atoms with Crippen molar-refractivity contribution in [2.75, 3.05) is 68.8 Å². The van der Waals surface area contributed by atoms with E-state index in [4.69, 9.17) is 28.4 Å². The Balaban J connectivity index is 3.58. The maximum Gasteiger partial charge on any atom is 0.282 e. The Labute approximate surface area is 146 Å². The van der Waals surface area contributed by atoms with Crippen molar-refractivity contribution in [3.63, 3.8) is 0 Å². The summed E-state index contributed by atoms with van der Waals surface area (Å²) >= 11 is 0. The molecule has 2 N–H and O–H groups in total. The first-order valence-electron chi connectivity index (χ1n) is 8.30. The van der Waals surface area contributed by atoms with Gasteiger partial charge in [0.05, 0.1) is 0 Å². The van der Waals surface area contributed by atoms with Crippen LogP contribution in [-0.4, -0.2) is 80.8 Å². The molecule has 0 aliphatic heterocycles. The molecule has 0 aliphatic rings. The molecular weight excluding hydrogens is 316 g/mol. The maximum atomic E-state index is 5.25. The summed E-state index contributed by atoms with van der Waals surface area (Å²) < 4.78 is 31.5. The quantitative estimate of drug-likeness (QED) is 0.295. The monoisotopic (exact) mass is 352 g/mol. The molecule has 0 heterocycles. The van der Waals surface area contributed by atoms with Crippen molar-refractivity contribution in [1.29, 1.82) is 0 Å². The Bertz CT molecular complexity index is 241. The molecule has 0 rings (SSSR count). The van der Waals surface area contributed by atoms with Crippen molar-refractivity contribution < 1.29 is 28.4 Å². The van der Waals surface area contributed by atoms with Gasteiger partial charge in [-0.3, -0.25) is 0 Å². The zero-order chi connectivity index (χ0) is 18.3. The molecule has 0 aliphatic carbocycles. The summed E-state index contributed by atoms with van der Waals surface area (Å²) in [4.78, 5) is 0. The van der Waals surface area contributed by atoms with Gasteiger partial charge in [-0.1, -0.05) is 0 Å². The molecule has 0 spiro atoms. The van der Waals surface area contributed by atoms with E-state index in [1.165, 1.54) is 0 Å². The lowest BCUT2D eigenvalue weighted by Gasteiger charge is -2.28. The van der Waals surface area contributed by atoms with Gasteiger partial charge in [-0.15, -0.1) is 0 Å². The predicted octanol–water partition coefficient (Wildman–Crippen LogP) is 0.912. The van der Waals surface area contributed by atoms with Gasteiger partial charge in [0.15, 0.2) is 0 Å². The smallest absolute Gasteiger partial charge is 0.282 e. The second-order valence-corrected chi connectivity index (χ2v) is 5.30. The molecule has 0 saturated carbocycles. The van der Waals surface area contributed by atoms with Gasteiger partial charge >= 0.3 is 0 Å². The molecule has 0 amide bonds. The van der Waals surface area contributed by atoms with E-state index < -0.39 is 11.9 Å². The van der Waals surface area contributed by atoms with Crippen LogP contribution >= 0.6 is 0 Å². The number of nitrogens with one attached hydrogen (secondary N) is 2. The second kappa shape index (κ2) is 13.9. The molecule has 8 heteroatoms. The zero-order valence-electron chi connectivity index (χ0n) is 16.1. The van der Waals surface area contributed by atoms with Crippen LogP contribution in [0.25, 0.3) is 0 Å². The van der Waals surface area contributed by atoms with Crippen molar-refractivity contribution in [1.82, 2.24) is 10.6 Å². The van der Waals surface area contributed by atoms with Crippen LogP contribution in [0, 0.1) is 0 Å². The Hall–Kier alpha value is -0.320. The van der Waals surface area contributed by atoms with Crippen LogP contribution in [-0.2, 0) is 28.4 Å². The van der Waals surface area contributed by atoms with Crippen molar-refractivity contribution in [2.24, 2.45) is 0 Å². The molecule has 24 heavy (non-hydrogen) atoms. The molecule has 0 aromatic rings. The van der Waals surface area contributed by atoms with E-state index in [1.807, 2.05) is 0 Å². The van der Waals surface area contributed by atoms with Crippen LogP contribution in [0.4, 0.5) is 0 Å². The predicted molar refractivity (Wildman–Crippen MR) is 91.7 cm³/mol. The number of ether oxygens (including phenoxy) is 6. The Morgan fingerprint density at radius 1 is 0.500 bits per heavy atom. The van der Waals surface area contributed by atoms with Gasteiger partial charge in [-0.25, -0.2) is 0 Å². The van der Waals surface area contributed by atoms with Crippen molar-refractivity contribution in [3.8, 4) is 0 Å². The van der Waals surface area contributed by atoms with Gasteiger partial charge in [-0.2, -0.15) is 0 Å². The van der Waals surface area contributed by atoms with E-state index in [0.717, 1.165) is 39.0 Å². The first kappa shape index (κ1) is 23.7. The van der Waals surface area contributed by atoms with Crippen LogP contribution in [0.5, 0.6) is 0 Å². The fraction of sp³-hybridized carbons (Fsp3) is 1.00. The molecule has 0 fully saturated rings. The van der Waals surface area contributed by atoms with Crippen LogP contribution in [0.3, 0.4) is 0 Å². The molecule has 0 unspecified atom stereocenters. The van der Waals surface area contributed by atoms with Crippen LogP contribution in [0.2, 0.25) is 0 Å². The minimum Gasteiger partial charge on any atom is -0.331 e. The van der Waals surface area contributed by atoms with E-state index in [9.17, 15) is 0 Å². The van der Waals surface area contributed by atoms with Gasteiger partial charge in [0.25, 0.3) is 11.9 Å². The summed E-state index contributed by atoms with van der Waals surface area (Å²) in [6.45, 7) is 3.53. The molecular formula is C16H36N2O6. The highest BCUT2D eigenvalue weighted by molar-refractivity contribution is 4.61. The van der Waals surface area contributed by atoms with Crippen molar-refractivity contribution >= 4 is 0 Å². The molecule has 0 saturated heterocycles. The van der Waals surface area contributed by atoms with Crippen molar-refractivity contribution in [2.45, 2.75) is 37.6 Å². The maximum absolute atomic E-state index is 5.25. The molecule has 0 aromatic carbocycles. The molecule has 0 atom stereocenters. The average molecular weight is 352 g/mol. The summed E-state index contributed by atoms with van der Waals surface area (Å²) in [7, 11) is 9.47. The molecule has 0 aromatic heterocycles. The van der Waals surface area contributed by atoms with E-state index >= 15 is 0 Å². The topological polar surface area (TPSA) is 79.4 Å². The number of hydrogen-bond acceptors (Lipinski definition) is 8. The Kier molecular flexibility index (Phi) is 13.7. The first-order chi connectivity index (χ1) is 11.6. The summed E-state index contributed by atoms with van der Waals surface area (Å²) in [5.74, 6) is -1.87.